The number of hydrogen-bond donors (Lipinski definition) is 1. The number of benzene rings is 1. The fraction of sp³-hybridized carbons (Fsp3) is 0.364. The molecule has 0 amide bonds. The minimum Gasteiger partial charge on any atom is -0.493 e. The van der Waals surface area contributed by atoms with Crippen LogP contribution in [0.1, 0.15) is 18.1 Å². The minimum absolute atomic E-state index is 0.329. The number of carbonyl (C=O) groups excluding carboxylic acids is 1. The van der Waals surface area contributed by atoms with E-state index in [0.717, 1.165) is 11.1 Å². The Balaban J connectivity index is 3.50. The molecule has 0 bridgehead atoms. The third kappa shape index (κ3) is 2.14. The highest BCUT2D eigenvalue weighted by Gasteiger charge is 2.20. The van der Waals surface area contributed by atoms with Crippen LogP contribution in [0.4, 0.5) is 5.69 Å². The van der Waals surface area contributed by atoms with E-state index >= 15 is 0 Å². The highest BCUT2D eigenvalue weighted by Crippen LogP contribution is 2.44. The number of nitrogen functional groups attached to an aromatic ring is 1. The molecule has 1 aromatic rings. The topological polar surface area (TPSA) is 61.6 Å². The maximum atomic E-state index is 11.0. The lowest BCUT2D eigenvalue weighted by molar-refractivity contribution is -0.132. The third-order valence-corrected chi connectivity index (χ3v) is 3.19. The lowest BCUT2D eigenvalue weighted by Gasteiger charge is -2.17. The monoisotopic (exact) mass is 287 g/mol. The quantitative estimate of drug-likeness (QED) is 0.516. The molecule has 0 saturated heterocycles. The second-order valence-electron chi connectivity index (χ2n) is 3.43. The lowest BCUT2D eigenvalue weighted by Crippen LogP contribution is -2.07. The molecule has 0 atom stereocenters. The maximum absolute atomic E-state index is 11.0. The second-order valence-corrected chi connectivity index (χ2v) is 4.23. The number of rotatable bonds is 2. The van der Waals surface area contributed by atoms with Gasteiger partial charge in [0.15, 0.2) is 11.5 Å². The van der Waals surface area contributed by atoms with Gasteiger partial charge in [0.05, 0.1) is 17.3 Å². The molecule has 0 unspecified atom stereocenters. The van der Waals surface area contributed by atoms with Gasteiger partial charge in [0.1, 0.15) is 0 Å². The van der Waals surface area contributed by atoms with Gasteiger partial charge in [0.2, 0.25) is 0 Å². The molecule has 0 saturated carbocycles. The van der Waals surface area contributed by atoms with Crippen molar-refractivity contribution < 1.29 is 14.3 Å². The van der Waals surface area contributed by atoms with Crippen molar-refractivity contribution >= 4 is 27.6 Å². The van der Waals surface area contributed by atoms with Crippen LogP contribution in [-0.4, -0.2) is 13.1 Å². The summed E-state index contributed by atoms with van der Waals surface area (Å²) < 4.78 is 10.9. The van der Waals surface area contributed by atoms with Crippen molar-refractivity contribution in [3.05, 3.63) is 15.6 Å². The van der Waals surface area contributed by atoms with E-state index in [1.54, 1.807) is 0 Å². The molecule has 0 aliphatic heterocycles. The Bertz CT molecular complexity index is 444. The van der Waals surface area contributed by atoms with Crippen molar-refractivity contribution in [3.63, 3.8) is 0 Å². The van der Waals surface area contributed by atoms with Crippen LogP contribution in [0.2, 0.25) is 0 Å². The van der Waals surface area contributed by atoms with E-state index < -0.39 is 5.97 Å². The van der Waals surface area contributed by atoms with Gasteiger partial charge < -0.3 is 15.2 Å². The Hall–Kier alpha value is -1.23. The van der Waals surface area contributed by atoms with E-state index in [4.69, 9.17) is 15.2 Å². The van der Waals surface area contributed by atoms with Gasteiger partial charge >= 0.3 is 5.97 Å². The van der Waals surface area contributed by atoms with Gasteiger partial charge in [0, 0.05) is 6.92 Å². The van der Waals surface area contributed by atoms with Gasteiger partial charge in [-0.25, -0.2) is 0 Å². The van der Waals surface area contributed by atoms with E-state index in [0.29, 0.717) is 21.7 Å². The zero-order valence-corrected chi connectivity index (χ0v) is 11.3. The van der Waals surface area contributed by atoms with E-state index in [1.807, 2.05) is 13.8 Å². The summed E-state index contributed by atoms with van der Waals surface area (Å²) in [6, 6.07) is 0. The smallest absolute Gasteiger partial charge is 0.308 e. The zero-order valence-electron chi connectivity index (χ0n) is 9.68. The predicted molar refractivity (Wildman–Crippen MR) is 65.9 cm³/mol. The molecule has 0 fully saturated rings. The number of ether oxygens (including phenoxy) is 2. The molecule has 16 heavy (non-hydrogen) atoms. The van der Waals surface area contributed by atoms with Crippen molar-refractivity contribution in [3.8, 4) is 11.5 Å². The van der Waals surface area contributed by atoms with Crippen molar-refractivity contribution in [2.24, 2.45) is 0 Å². The van der Waals surface area contributed by atoms with Crippen LogP contribution in [0.25, 0.3) is 0 Å². The molecule has 0 heterocycles. The highest BCUT2D eigenvalue weighted by atomic mass is 79.9. The van der Waals surface area contributed by atoms with Crippen LogP contribution in [0, 0.1) is 13.8 Å². The summed E-state index contributed by atoms with van der Waals surface area (Å²) in [7, 11) is 1.53. The number of hydrogen-bond acceptors (Lipinski definition) is 4. The molecular formula is C11H14BrNO3. The summed E-state index contributed by atoms with van der Waals surface area (Å²) in [5.74, 6) is 0.436. The summed E-state index contributed by atoms with van der Waals surface area (Å²) in [4.78, 5) is 11.0. The van der Waals surface area contributed by atoms with Gasteiger partial charge in [-0.15, -0.1) is 0 Å². The fourth-order valence-corrected chi connectivity index (χ4v) is 1.97. The first-order chi connectivity index (χ1) is 7.40. The first-order valence-electron chi connectivity index (χ1n) is 4.70. The summed E-state index contributed by atoms with van der Waals surface area (Å²) in [6.45, 7) is 5.08. The fourth-order valence-electron chi connectivity index (χ4n) is 1.41. The molecule has 1 rings (SSSR count). The van der Waals surface area contributed by atoms with Gasteiger partial charge in [-0.3, -0.25) is 4.79 Å². The highest BCUT2D eigenvalue weighted by molar-refractivity contribution is 9.10. The summed E-state index contributed by atoms with van der Waals surface area (Å²) >= 11 is 3.30. The van der Waals surface area contributed by atoms with Crippen molar-refractivity contribution in [1.29, 1.82) is 0 Å². The predicted octanol–water partition coefficient (Wildman–Crippen LogP) is 2.58. The largest absolute Gasteiger partial charge is 0.493 e. The van der Waals surface area contributed by atoms with E-state index in [-0.39, 0.29) is 0 Å². The minimum atomic E-state index is -0.415. The van der Waals surface area contributed by atoms with E-state index in [1.165, 1.54) is 14.0 Å². The molecule has 2 N–H and O–H groups in total. The number of methoxy groups -OCH3 is 1. The standard InChI is InChI=1S/C11H14BrNO3/c1-5-6(2)10(15-4)11(16-7(3)14)8(12)9(5)13/h13H2,1-4H3. The SMILES string of the molecule is COc1c(C)c(C)c(N)c(Br)c1OC(C)=O. The van der Waals surface area contributed by atoms with Crippen LogP contribution in [0.3, 0.4) is 0 Å². The maximum Gasteiger partial charge on any atom is 0.308 e. The van der Waals surface area contributed by atoms with Gasteiger partial charge in [-0.1, -0.05) is 0 Å². The average Bonchev–Trinajstić information content (AvgIpc) is 2.23. The summed E-state index contributed by atoms with van der Waals surface area (Å²) in [6.07, 6.45) is 0. The molecule has 1 aromatic carbocycles. The number of nitrogens with two attached hydrogens (primary N) is 1. The molecule has 0 spiro atoms. The Morgan fingerprint density at radius 3 is 2.25 bits per heavy atom. The van der Waals surface area contributed by atoms with Crippen LogP contribution < -0.4 is 15.2 Å². The molecule has 4 nitrogen and oxygen atoms in total. The number of anilines is 1. The van der Waals surface area contributed by atoms with Crippen LogP contribution >= 0.6 is 15.9 Å². The molecule has 0 radical (unpaired) electrons. The lowest BCUT2D eigenvalue weighted by atomic mass is 10.1. The van der Waals surface area contributed by atoms with Crippen molar-refractivity contribution in [2.75, 3.05) is 12.8 Å². The molecule has 0 aromatic heterocycles. The molecule has 0 aliphatic carbocycles. The molecular weight excluding hydrogens is 274 g/mol. The van der Waals surface area contributed by atoms with Gasteiger partial charge in [0.25, 0.3) is 0 Å². The molecule has 5 heteroatoms. The molecule has 0 aliphatic rings. The summed E-state index contributed by atoms with van der Waals surface area (Å²) in [5, 5.41) is 0. The van der Waals surface area contributed by atoms with Crippen LogP contribution in [-0.2, 0) is 4.79 Å². The van der Waals surface area contributed by atoms with Crippen molar-refractivity contribution in [1.82, 2.24) is 0 Å². The Kier molecular flexibility index (Phi) is 3.80. The van der Waals surface area contributed by atoms with E-state index in [9.17, 15) is 4.79 Å². The van der Waals surface area contributed by atoms with Gasteiger partial charge in [-0.2, -0.15) is 0 Å². The Morgan fingerprint density at radius 2 is 1.81 bits per heavy atom. The first-order valence-corrected chi connectivity index (χ1v) is 5.50. The number of esters is 1. The third-order valence-electron chi connectivity index (χ3n) is 2.40. The van der Waals surface area contributed by atoms with Crippen LogP contribution in [0.5, 0.6) is 11.5 Å². The first kappa shape index (κ1) is 12.8. The zero-order chi connectivity index (χ0) is 12.5. The number of halogens is 1. The second kappa shape index (κ2) is 4.74. The Labute approximate surface area is 103 Å². The van der Waals surface area contributed by atoms with E-state index in [2.05, 4.69) is 15.9 Å². The van der Waals surface area contributed by atoms with Crippen LogP contribution in [0.15, 0.2) is 4.47 Å². The molecule has 88 valence electrons. The number of carbonyl (C=O) groups is 1. The summed E-state index contributed by atoms with van der Waals surface area (Å²) in [5.41, 5.74) is 8.20. The normalized spacial score (nSPS) is 10.1. The average molecular weight is 288 g/mol. The Morgan fingerprint density at radius 1 is 1.25 bits per heavy atom. The van der Waals surface area contributed by atoms with Crippen molar-refractivity contribution in [2.45, 2.75) is 20.8 Å². The van der Waals surface area contributed by atoms with Gasteiger partial charge in [-0.05, 0) is 40.9 Å².